The molecule has 0 N–H and O–H groups in total. The molecule has 0 aromatic rings. The van der Waals surface area contributed by atoms with Crippen molar-refractivity contribution in [3.8, 4) is 0 Å². The molecule has 0 aliphatic rings. The van der Waals surface area contributed by atoms with Gasteiger partial charge in [0.15, 0.2) is 0 Å². The van der Waals surface area contributed by atoms with Gasteiger partial charge >= 0.3 is 0 Å². The number of alkyl halides is 1. The number of aldehydes is 1. The van der Waals surface area contributed by atoms with Gasteiger partial charge in [-0.3, -0.25) is 0 Å². The Balaban J connectivity index is 3.25. The number of hydrogen-bond donors (Lipinski definition) is 0. The predicted octanol–water partition coefficient (Wildman–Crippen LogP) is 2.48. The molecule has 0 aliphatic heterocycles. The van der Waals surface area contributed by atoms with Crippen LogP contribution in [0.3, 0.4) is 0 Å². The molecule has 0 heterocycles. The fourth-order valence-electron chi connectivity index (χ4n) is 0.693. The molecule has 0 saturated carbocycles. The van der Waals surface area contributed by atoms with Gasteiger partial charge in [-0.2, -0.15) is 0 Å². The lowest BCUT2D eigenvalue weighted by molar-refractivity contribution is -0.110. The zero-order valence-corrected chi connectivity index (χ0v) is 7.40. The van der Waals surface area contributed by atoms with Crippen LogP contribution in [0.1, 0.15) is 26.7 Å². The summed E-state index contributed by atoms with van der Waals surface area (Å²) >= 11 is 5.59. The van der Waals surface area contributed by atoms with Gasteiger partial charge in [0.2, 0.25) is 0 Å². The lowest BCUT2D eigenvalue weighted by atomic mass is 10.0. The van der Waals surface area contributed by atoms with E-state index in [4.69, 9.17) is 11.6 Å². The van der Waals surface area contributed by atoms with Crippen molar-refractivity contribution < 1.29 is 4.79 Å². The van der Waals surface area contributed by atoms with E-state index >= 15 is 0 Å². The highest BCUT2D eigenvalue weighted by Gasteiger charge is 2.03. The van der Waals surface area contributed by atoms with E-state index in [0.717, 1.165) is 19.1 Å². The molecule has 2 unspecified atom stereocenters. The third kappa shape index (κ3) is 4.80. The first-order valence-electron chi connectivity index (χ1n) is 3.72. The van der Waals surface area contributed by atoms with Crippen LogP contribution in [0.2, 0.25) is 0 Å². The largest absolute Gasteiger partial charge is 0.303 e. The lowest BCUT2D eigenvalue weighted by Crippen LogP contribution is -2.01. The monoisotopic (exact) mass is 162 g/mol. The Hall–Kier alpha value is -0.0400. The molecule has 0 fully saturated rings. The molecule has 0 aromatic carbocycles. The van der Waals surface area contributed by atoms with E-state index in [1.807, 2.05) is 6.92 Å². The van der Waals surface area contributed by atoms with Crippen molar-refractivity contribution in [1.29, 1.82) is 0 Å². The summed E-state index contributed by atoms with van der Waals surface area (Å²) in [6.45, 7) is 4.04. The van der Waals surface area contributed by atoms with E-state index in [-0.39, 0.29) is 5.92 Å². The Morgan fingerprint density at radius 3 is 2.40 bits per heavy atom. The first-order chi connectivity index (χ1) is 4.70. The second-order valence-corrected chi connectivity index (χ2v) is 3.26. The maximum Gasteiger partial charge on any atom is 0.122 e. The van der Waals surface area contributed by atoms with E-state index in [1.54, 1.807) is 0 Å². The maximum absolute atomic E-state index is 10.2. The lowest BCUT2D eigenvalue weighted by Gasteiger charge is -2.07. The average Bonchev–Trinajstić information content (AvgIpc) is 1.99. The van der Waals surface area contributed by atoms with Crippen LogP contribution in [-0.4, -0.2) is 12.2 Å². The van der Waals surface area contributed by atoms with Crippen LogP contribution in [0.25, 0.3) is 0 Å². The van der Waals surface area contributed by atoms with Crippen LogP contribution in [0, 0.1) is 11.8 Å². The summed E-state index contributed by atoms with van der Waals surface area (Å²) in [5.74, 6) is 1.45. The number of halogens is 1. The first-order valence-corrected chi connectivity index (χ1v) is 4.25. The Morgan fingerprint density at radius 1 is 1.40 bits per heavy atom. The van der Waals surface area contributed by atoms with Gasteiger partial charge in [0.05, 0.1) is 0 Å². The van der Waals surface area contributed by atoms with Crippen LogP contribution in [0.15, 0.2) is 0 Å². The molecule has 0 aliphatic carbocycles. The minimum atomic E-state index is 0.200. The van der Waals surface area contributed by atoms with Crippen molar-refractivity contribution >= 4 is 17.9 Å². The van der Waals surface area contributed by atoms with E-state index in [1.165, 1.54) is 0 Å². The number of hydrogen-bond acceptors (Lipinski definition) is 1. The maximum atomic E-state index is 10.2. The van der Waals surface area contributed by atoms with Gasteiger partial charge in [-0.15, -0.1) is 11.6 Å². The second-order valence-electron chi connectivity index (χ2n) is 2.95. The standard InChI is InChI=1S/C8H15ClO/c1-7(5-9)3-4-8(2)6-10/h6-8H,3-5H2,1-2H3. The highest BCUT2D eigenvalue weighted by Crippen LogP contribution is 2.11. The van der Waals surface area contributed by atoms with Gasteiger partial charge in [0.1, 0.15) is 6.29 Å². The second kappa shape index (κ2) is 5.72. The van der Waals surface area contributed by atoms with Crippen molar-refractivity contribution in [2.75, 3.05) is 5.88 Å². The van der Waals surface area contributed by atoms with Gasteiger partial charge in [-0.1, -0.05) is 13.8 Å². The molecule has 0 aromatic heterocycles. The highest BCUT2D eigenvalue weighted by molar-refractivity contribution is 6.18. The molecule has 2 atom stereocenters. The summed E-state index contributed by atoms with van der Waals surface area (Å²) in [5.41, 5.74) is 0. The number of carbonyl (C=O) groups excluding carboxylic acids is 1. The average molecular weight is 163 g/mol. The number of carbonyl (C=O) groups is 1. The van der Waals surface area contributed by atoms with Gasteiger partial charge in [-0.25, -0.2) is 0 Å². The van der Waals surface area contributed by atoms with Crippen LogP contribution in [0.5, 0.6) is 0 Å². The summed E-state index contributed by atoms with van der Waals surface area (Å²) in [7, 11) is 0. The van der Waals surface area contributed by atoms with E-state index in [2.05, 4.69) is 6.92 Å². The molecule has 1 nitrogen and oxygen atoms in total. The quantitative estimate of drug-likeness (QED) is 0.449. The molecular weight excluding hydrogens is 148 g/mol. The summed E-state index contributed by atoms with van der Waals surface area (Å²) in [6.07, 6.45) is 3.03. The Labute approximate surface area is 67.8 Å². The summed E-state index contributed by atoms with van der Waals surface area (Å²) in [6, 6.07) is 0. The Morgan fingerprint density at radius 2 is 2.00 bits per heavy atom. The fraction of sp³-hybridized carbons (Fsp3) is 0.875. The van der Waals surface area contributed by atoms with Gasteiger partial charge in [-0.05, 0) is 18.8 Å². The van der Waals surface area contributed by atoms with Crippen molar-refractivity contribution in [3.05, 3.63) is 0 Å². The molecule has 0 bridgehead atoms. The Kier molecular flexibility index (Phi) is 5.70. The molecule has 0 rings (SSSR count). The molecule has 2 heteroatoms. The Bertz CT molecular complexity index is 93.3. The SMILES string of the molecule is CC(C=O)CCC(C)CCl. The van der Waals surface area contributed by atoms with E-state index in [0.29, 0.717) is 11.8 Å². The van der Waals surface area contributed by atoms with Crippen LogP contribution >= 0.6 is 11.6 Å². The highest BCUT2D eigenvalue weighted by atomic mass is 35.5. The fourth-order valence-corrected chi connectivity index (χ4v) is 0.847. The molecule has 10 heavy (non-hydrogen) atoms. The third-order valence-corrected chi connectivity index (χ3v) is 2.14. The minimum absolute atomic E-state index is 0.200. The van der Waals surface area contributed by atoms with Crippen molar-refractivity contribution in [3.63, 3.8) is 0 Å². The van der Waals surface area contributed by atoms with E-state index in [9.17, 15) is 4.79 Å². The molecule has 60 valence electrons. The molecule has 0 radical (unpaired) electrons. The summed E-state index contributed by atoms with van der Waals surface area (Å²) < 4.78 is 0. The minimum Gasteiger partial charge on any atom is -0.303 e. The smallest absolute Gasteiger partial charge is 0.122 e. The van der Waals surface area contributed by atoms with Crippen LogP contribution in [-0.2, 0) is 4.79 Å². The van der Waals surface area contributed by atoms with Gasteiger partial charge in [0.25, 0.3) is 0 Å². The van der Waals surface area contributed by atoms with Gasteiger partial charge in [0, 0.05) is 11.8 Å². The molecular formula is C8H15ClO. The normalized spacial score (nSPS) is 16.3. The van der Waals surface area contributed by atoms with Crippen molar-refractivity contribution in [2.45, 2.75) is 26.7 Å². The van der Waals surface area contributed by atoms with Crippen molar-refractivity contribution in [2.24, 2.45) is 11.8 Å². The van der Waals surface area contributed by atoms with Crippen molar-refractivity contribution in [1.82, 2.24) is 0 Å². The van der Waals surface area contributed by atoms with Gasteiger partial charge < -0.3 is 4.79 Å². The molecule has 0 saturated heterocycles. The zero-order valence-electron chi connectivity index (χ0n) is 6.64. The zero-order chi connectivity index (χ0) is 7.98. The number of rotatable bonds is 5. The third-order valence-electron chi connectivity index (χ3n) is 1.61. The summed E-state index contributed by atoms with van der Waals surface area (Å²) in [5, 5.41) is 0. The molecule has 0 amide bonds. The topological polar surface area (TPSA) is 17.1 Å². The first kappa shape index (κ1) is 9.96. The molecule has 0 spiro atoms. The van der Waals surface area contributed by atoms with Crippen LogP contribution in [0.4, 0.5) is 0 Å². The van der Waals surface area contributed by atoms with Crippen LogP contribution < -0.4 is 0 Å². The van der Waals surface area contributed by atoms with E-state index < -0.39 is 0 Å². The predicted molar refractivity (Wildman–Crippen MR) is 44.3 cm³/mol. The summed E-state index contributed by atoms with van der Waals surface area (Å²) in [4.78, 5) is 10.2.